The molecule has 0 aliphatic heterocycles. The van der Waals surface area contributed by atoms with E-state index in [-0.39, 0.29) is 18.1 Å². The van der Waals surface area contributed by atoms with Crippen LogP contribution in [0.1, 0.15) is 47.5 Å². The summed E-state index contributed by atoms with van der Waals surface area (Å²) < 4.78 is 95.5. The van der Waals surface area contributed by atoms with Crippen molar-refractivity contribution in [3.05, 3.63) is 16.0 Å². The molecular weight excluding hydrogens is 431 g/mol. The van der Waals surface area contributed by atoms with Crippen molar-refractivity contribution in [1.82, 2.24) is 0 Å². The van der Waals surface area contributed by atoms with E-state index in [1.54, 1.807) is 6.92 Å². The fraction of sp³-hybridized carbons (Fsp3) is 0.647. The number of amides is 1. The molecule has 29 heavy (non-hydrogen) atoms. The Bertz CT molecular complexity index is 789. The smallest absolute Gasteiger partial charge is 0.460 e. The number of nitrogens with one attached hydrogen (secondary N) is 1. The van der Waals surface area contributed by atoms with Crippen molar-refractivity contribution in [1.29, 1.82) is 0 Å². The Morgan fingerprint density at radius 2 is 1.79 bits per heavy atom. The van der Waals surface area contributed by atoms with E-state index in [4.69, 9.17) is 4.74 Å². The van der Waals surface area contributed by atoms with Gasteiger partial charge in [-0.15, -0.1) is 11.3 Å². The molecule has 1 aromatic heterocycles. The fourth-order valence-electron chi connectivity index (χ4n) is 2.82. The van der Waals surface area contributed by atoms with Crippen LogP contribution < -0.4 is 5.32 Å². The molecule has 0 bridgehead atoms. The Morgan fingerprint density at radius 1 is 1.17 bits per heavy atom. The van der Waals surface area contributed by atoms with Crippen molar-refractivity contribution in [2.24, 2.45) is 5.92 Å². The maximum Gasteiger partial charge on any atom is 0.460 e. The molecule has 0 saturated carbocycles. The van der Waals surface area contributed by atoms with Gasteiger partial charge in [-0.05, 0) is 37.2 Å². The van der Waals surface area contributed by atoms with Crippen LogP contribution in [0.5, 0.6) is 0 Å². The van der Waals surface area contributed by atoms with Crippen LogP contribution in [-0.2, 0) is 22.4 Å². The third kappa shape index (κ3) is 4.36. The zero-order valence-corrected chi connectivity index (χ0v) is 16.2. The summed E-state index contributed by atoms with van der Waals surface area (Å²) >= 11 is 0.698. The predicted molar refractivity (Wildman–Crippen MR) is 90.7 cm³/mol. The van der Waals surface area contributed by atoms with E-state index in [1.807, 2.05) is 6.92 Å². The molecule has 1 N–H and O–H groups in total. The van der Waals surface area contributed by atoms with Gasteiger partial charge in [-0.3, -0.25) is 4.79 Å². The van der Waals surface area contributed by atoms with Crippen LogP contribution in [-0.4, -0.2) is 36.5 Å². The second kappa shape index (κ2) is 8.11. The minimum absolute atomic E-state index is 0.0183. The molecule has 0 aromatic carbocycles. The number of carbonyl (C=O) groups is 2. The molecule has 2 rings (SSSR count). The molecule has 164 valence electrons. The summed E-state index contributed by atoms with van der Waals surface area (Å²) in [5.41, 5.74) is 0.153. The van der Waals surface area contributed by atoms with Gasteiger partial charge in [-0.2, -0.15) is 30.7 Å². The first-order valence-corrected chi connectivity index (χ1v) is 9.51. The first kappa shape index (κ1) is 23.4. The zero-order chi connectivity index (χ0) is 22.2. The Kier molecular flexibility index (Phi) is 6.56. The maximum atomic E-state index is 13.7. The molecular formula is C17H18F7NO3S. The second-order valence-electron chi connectivity index (χ2n) is 6.79. The molecule has 1 heterocycles. The topological polar surface area (TPSA) is 55.4 Å². The third-order valence-corrected chi connectivity index (χ3v) is 5.59. The van der Waals surface area contributed by atoms with Crippen LogP contribution in [0, 0.1) is 5.92 Å². The molecule has 0 saturated heterocycles. The largest absolute Gasteiger partial charge is 0.462 e. The van der Waals surface area contributed by atoms with Crippen LogP contribution >= 0.6 is 11.3 Å². The SMILES string of the molecule is CCCOC(=O)c1c(NC(=O)C(F)(F)C(F)(F)C(F)(F)F)sc2c1CCC(C)C2. The van der Waals surface area contributed by atoms with Gasteiger partial charge >= 0.3 is 29.9 Å². The van der Waals surface area contributed by atoms with E-state index in [0.717, 1.165) is 0 Å². The van der Waals surface area contributed by atoms with Gasteiger partial charge in [0.1, 0.15) is 5.00 Å². The van der Waals surface area contributed by atoms with Gasteiger partial charge in [0.2, 0.25) is 0 Å². The summed E-state index contributed by atoms with van der Waals surface area (Å²) in [5, 5.41) is 0.887. The summed E-state index contributed by atoms with van der Waals surface area (Å²) in [5.74, 6) is -16.3. The standard InChI is InChI=1S/C17H18F7NO3S/c1-3-6-28-13(26)11-9-5-4-8(2)7-10(9)29-12(11)25-14(27)15(18,19)16(20,21)17(22,23)24/h8H,3-7H2,1-2H3,(H,25,27). The van der Waals surface area contributed by atoms with Crippen LogP contribution in [0.25, 0.3) is 0 Å². The van der Waals surface area contributed by atoms with E-state index in [0.29, 0.717) is 47.5 Å². The van der Waals surface area contributed by atoms with E-state index >= 15 is 0 Å². The van der Waals surface area contributed by atoms with Crippen LogP contribution in [0.15, 0.2) is 0 Å². The zero-order valence-electron chi connectivity index (χ0n) is 15.4. The summed E-state index contributed by atoms with van der Waals surface area (Å²) in [6.45, 7) is 3.57. The lowest BCUT2D eigenvalue weighted by Crippen LogP contribution is -2.57. The molecule has 0 radical (unpaired) electrons. The van der Waals surface area contributed by atoms with Gasteiger partial charge in [0.15, 0.2) is 0 Å². The molecule has 4 nitrogen and oxygen atoms in total. The summed E-state index contributed by atoms with van der Waals surface area (Å²) in [4.78, 5) is 24.6. The van der Waals surface area contributed by atoms with Crippen molar-refractivity contribution in [3.63, 3.8) is 0 Å². The first-order chi connectivity index (χ1) is 13.2. The van der Waals surface area contributed by atoms with Crippen molar-refractivity contribution in [2.45, 2.75) is 57.6 Å². The van der Waals surface area contributed by atoms with E-state index in [9.17, 15) is 40.3 Å². The number of carbonyl (C=O) groups excluding carboxylic acids is 2. The quantitative estimate of drug-likeness (QED) is 0.479. The molecule has 1 aromatic rings. The van der Waals surface area contributed by atoms with Gasteiger partial charge in [0.25, 0.3) is 0 Å². The number of esters is 1. The van der Waals surface area contributed by atoms with Crippen molar-refractivity contribution in [2.75, 3.05) is 11.9 Å². The number of anilines is 1. The Morgan fingerprint density at radius 3 is 2.34 bits per heavy atom. The van der Waals surface area contributed by atoms with Crippen LogP contribution in [0.4, 0.5) is 35.7 Å². The molecule has 1 aliphatic rings. The number of hydrogen-bond donors (Lipinski definition) is 1. The first-order valence-electron chi connectivity index (χ1n) is 8.69. The van der Waals surface area contributed by atoms with Crippen LogP contribution in [0.2, 0.25) is 0 Å². The van der Waals surface area contributed by atoms with Gasteiger partial charge < -0.3 is 10.1 Å². The Balaban J connectivity index is 2.41. The number of ether oxygens (including phenoxy) is 1. The molecule has 1 aliphatic carbocycles. The lowest BCUT2D eigenvalue weighted by molar-refractivity contribution is -0.343. The van der Waals surface area contributed by atoms with E-state index < -0.39 is 34.9 Å². The Labute approximate surface area is 165 Å². The number of rotatable bonds is 6. The number of fused-ring (bicyclic) bond motifs is 1. The molecule has 12 heteroatoms. The predicted octanol–water partition coefficient (Wildman–Crippen LogP) is 5.21. The molecule has 1 amide bonds. The van der Waals surface area contributed by atoms with E-state index in [1.165, 1.54) is 5.32 Å². The highest BCUT2D eigenvalue weighted by atomic mass is 32.1. The fourth-order valence-corrected chi connectivity index (χ4v) is 4.22. The Hall–Kier alpha value is -1.85. The van der Waals surface area contributed by atoms with Crippen LogP contribution in [0.3, 0.4) is 0 Å². The minimum atomic E-state index is -6.64. The number of alkyl halides is 7. The van der Waals surface area contributed by atoms with Gasteiger partial charge in [0.05, 0.1) is 12.2 Å². The number of thiophene rings is 1. The summed E-state index contributed by atoms with van der Waals surface area (Å²) in [6, 6.07) is 0. The van der Waals surface area contributed by atoms with E-state index in [2.05, 4.69) is 0 Å². The monoisotopic (exact) mass is 449 g/mol. The van der Waals surface area contributed by atoms with Gasteiger partial charge in [0, 0.05) is 4.88 Å². The highest BCUT2D eigenvalue weighted by molar-refractivity contribution is 7.17. The van der Waals surface area contributed by atoms with Gasteiger partial charge in [-0.25, -0.2) is 4.79 Å². The maximum absolute atomic E-state index is 13.7. The highest BCUT2D eigenvalue weighted by Crippen LogP contribution is 2.48. The lowest BCUT2D eigenvalue weighted by Gasteiger charge is -2.26. The van der Waals surface area contributed by atoms with Gasteiger partial charge in [-0.1, -0.05) is 13.8 Å². The minimum Gasteiger partial charge on any atom is -0.462 e. The number of hydrogen-bond acceptors (Lipinski definition) is 4. The summed E-state index contributed by atoms with van der Waals surface area (Å²) in [6.07, 6.45) is -4.76. The summed E-state index contributed by atoms with van der Waals surface area (Å²) in [7, 11) is 0. The third-order valence-electron chi connectivity index (χ3n) is 4.42. The van der Waals surface area contributed by atoms with Crippen molar-refractivity contribution >= 4 is 28.2 Å². The van der Waals surface area contributed by atoms with Crippen molar-refractivity contribution < 1.29 is 45.1 Å². The number of halogens is 7. The molecule has 1 unspecified atom stereocenters. The average Bonchev–Trinajstić information content (AvgIpc) is 2.95. The average molecular weight is 449 g/mol. The second-order valence-corrected chi connectivity index (χ2v) is 7.90. The highest BCUT2D eigenvalue weighted by Gasteiger charge is 2.76. The lowest BCUT2D eigenvalue weighted by atomic mass is 9.88. The van der Waals surface area contributed by atoms with Crippen molar-refractivity contribution in [3.8, 4) is 0 Å². The normalized spacial score (nSPS) is 17.6. The molecule has 1 atom stereocenters. The molecule has 0 spiro atoms. The molecule has 0 fully saturated rings.